The minimum absolute atomic E-state index is 0.162. The molecule has 1 aliphatic rings. The van der Waals surface area contributed by atoms with Crippen LogP contribution < -0.4 is 10.6 Å². The molecule has 0 bridgehead atoms. The van der Waals surface area contributed by atoms with Crippen molar-refractivity contribution in [3.63, 3.8) is 0 Å². The fraction of sp³-hybridized carbons (Fsp3) is 0.600. The van der Waals surface area contributed by atoms with Crippen LogP contribution in [0, 0.1) is 10.7 Å². The molecule has 178 valence electrons. The molecule has 0 radical (unpaired) electrons. The fourth-order valence-corrected chi connectivity index (χ4v) is 3.36. The number of thiocyanates is 1. The molecule has 1 aliphatic heterocycles. The molecule has 2 rings (SSSR count). The van der Waals surface area contributed by atoms with E-state index in [2.05, 4.69) is 10.6 Å². The van der Waals surface area contributed by atoms with Gasteiger partial charge in [0, 0.05) is 17.1 Å². The number of thiocarbonyl (C=S) groups is 1. The zero-order valence-corrected chi connectivity index (χ0v) is 19.3. The number of anilines is 1. The number of aliphatic hydroxyl groups is 3. The summed E-state index contributed by atoms with van der Waals surface area (Å²) in [5.41, 5.74) is 0.826. The first kappa shape index (κ1) is 26.7. The summed E-state index contributed by atoms with van der Waals surface area (Å²) >= 11 is 6.32. The molecule has 5 atom stereocenters. The lowest BCUT2D eigenvalue weighted by molar-refractivity contribution is -0.294. The van der Waals surface area contributed by atoms with Crippen molar-refractivity contribution in [2.24, 2.45) is 0 Å². The second kappa shape index (κ2) is 14.6. The van der Waals surface area contributed by atoms with E-state index in [1.807, 2.05) is 29.7 Å². The number of hydrogen-bond donors (Lipinski definition) is 5. The topological polar surface area (TPSA) is 145 Å². The molecule has 1 fully saturated rings. The number of benzene rings is 1. The maximum absolute atomic E-state index is 9.85. The van der Waals surface area contributed by atoms with E-state index in [1.165, 1.54) is 0 Å². The second-order valence-corrected chi connectivity index (χ2v) is 8.14. The summed E-state index contributed by atoms with van der Waals surface area (Å²) in [7, 11) is 0. The van der Waals surface area contributed by atoms with Gasteiger partial charge in [-0.1, -0.05) is 0 Å². The molecular weight excluding hydrogens is 458 g/mol. The van der Waals surface area contributed by atoms with Gasteiger partial charge in [-0.15, -0.1) is 0 Å². The molecule has 5 N–H and O–H groups in total. The average molecular weight is 488 g/mol. The Labute approximate surface area is 196 Å². The zero-order chi connectivity index (χ0) is 23.3. The number of aliphatic hydroxyl groups excluding tert-OH is 3. The van der Waals surface area contributed by atoms with Crippen LogP contribution in [0.2, 0.25) is 0 Å². The highest BCUT2D eigenvalue weighted by atomic mass is 32.2. The lowest BCUT2D eigenvalue weighted by atomic mass is 10.0. The van der Waals surface area contributed by atoms with Crippen molar-refractivity contribution in [1.29, 1.82) is 5.26 Å². The Hall–Kier alpha value is -1.53. The molecule has 1 aromatic carbocycles. The van der Waals surface area contributed by atoms with E-state index in [4.69, 9.17) is 36.4 Å². The summed E-state index contributed by atoms with van der Waals surface area (Å²) in [5, 5.41) is 46.4. The quantitative estimate of drug-likeness (QED) is 0.121. The standard InChI is InChI=1S/C20H29N3O7S2/c1-13-16(24)17(25)18(26)19(30-13)29-11-10-28-9-8-27-7-6-22-20(31)23-14-2-4-15(5-3-14)32-12-21/h2-5,13,16-19,24-26H,6-11H2,1H3,(H2,22,23,31). The van der Waals surface area contributed by atoms with E-state index in [9.17, 15) is 15.3 Å². The molecule has 0 saturated carbocycles. The smallest absolute Gasteiger partial charge is 0.186 e. The monoisotopic (exact) mass is 487 g/mol. The Morgan fingerprint density at radius 3 is 2.41 bits per heavy atom. The predicted molar refractivity (Wildman–Crippen MR) is 122 cm³/mol. The van der Waals surface area contributed by atoms with E-state index in [0.717, 1.165) is 22.3 Å². The molecule has 32 heavy (non-hydrogen) atoms. The first-order chi connectivity index (χ1) is 15.4. The molecule has 10 nitrogen and oxygen atoms in total. The molecule has 12 heteroatoms. The van der Waals surface area contributed by atoms with Crippen LogP contribution in [0.4, 0.5) is 5.69 Å². The molecule has 1 saturated heterocycles. The molecular formula is C20H29N3O7S2. The Bertz CT molecular complexity index is 735. The highest BCUT2D eigenvalue weighted by molar-refractivity contribution is 8.03. The van der Waals surface area contributed by atoms with E-state index in [-0.39, 0.29) is 13.2 Å². The minimum Gasteiger partial charge on any atom is -0.388 e. The average Bonchev–Trinajstić information content (AvgIpc) is 2.78. The van der Waals surface area contributed by atoms with Gasteiger partial charge in [0.25, 0.3) is 0 Å². The van der Waals surface area contributed by atoms with Crippen LogP contribution >= 0.6 is 24.0 Å². The van der Waals surface area contributed by atoms with Crippen LogP contribution in [-0.2, 0) is 18.9 Å². The van der Waals surface area contributed by atoms with Crippen LogP contribution in [0.3, 0.4) is 0 Å². The third kappa shape index (κ3) is 9.14. The molecule has 0 spiro atoms. The van der Waals surface area contributed by atoms with Gasteiger partial charge in [0.2, 0.25) is 0 Å². The number of nitrogens with zero attached hydrogens (tertiary/aromatic N) is 1. The highest BCUT2D eigenvalue weighted by Crippen LogP contribution is 2.21. The number of nitrogens with one attached hydrogen (secondary N) is 2. The van der Waals surface area contributed by atoms with Crippen molar-refractivity contribution in [1.82, 2.24) is 5.32 Å². The van der Waals surface area contributed by atoms with Crippen molar-refractivity contribution in [2.75, 3.05) is 44.9 Å². The van der Waals surface area contributed by atoms with Crippen molar-refractivity contribution < 1.29 is 34.3 Å². The van der Waals surface area contributed by atoms with Crippen LogP contribution in [0.25, 0.3) is 0 Å². The largest absolute Gasteiger partial charge is 0.388 e. The summed E-state index contributed by atoms with van der Waals surface area (Å²) in [6.07, 6.45) is -5.44. The van der Waals surface area contributed by atoms with Gasteiger partial charge in [-0.05, 0) is 55.2 Å². The van der Waals surface area contributed by atoms with Crippen molar-refractivity contribution >= 4 is 34.8 Å². The minimum atomic E-state index is -1.32. The Balaban J connectivity index is 1.44. The molecule has 0 aromatic heterocycles. The van der Waals surface area contributed by atoms with E-state index < -0.39 is 30.7 Å². The molecule has 1 aromatic rings. The zero-order valence-electron chi connectivity index (χ0n) is 17.7. The van der Waals surface area contributed by atoms with Gasteiger partial charge in [-0.2, -0.15) is 5.26 Å². The SMILES string of the molecule is CC1OC(OCCOCCOCCNC(=S)Nc2ccc(SC#N)cc2)C(O)C(O)C1O. The van der Waals surface area contributed by atoms with Crippen molar-refractivity contribution in [3.05, 3.63) is 24.3 Å². The number of thioether (sulfide) groups is 1. The van der Waals surface area contributed by atoms with E-state index >= 15 is 0 Å². The van der Waals surface area contributed by atoms with Crippen LogP contribution in [0.15, 0.2) is 29.2 Å². The third-order valence-corrected chi connectivity index (χ3v) is 5.34. The van der Waals surface area contributed by atoms with Gasteiger partial charge in [0.15, 0.2) is 11.4 Å². The second-order valence-electron chi connectivity index (χ2n) is 6.88. The first-order valence-corrected chi connectivity index (χ1v) is 11.3. The van der Waals surface area contributed by atoms with Gasteiger partial charge in [-0.25, -0.2) is 0 Å². The van der Waals surface area contributed by atoms with E-state index in [0.29, 0.717) is 31.5 Å². The van der Waals surface area contributed by atoms with Crippen molar-refractivity contribution in [3.8, 4) is 5.40 Å². The number of rotatable bonds is 12. The maximum Gasteiger partial charge on any atom is 0.186 e. The molecule has 5 unspecified atom stereocenters. The lowest BCUT2D eigenvalue weighted by Gasteiger charge is -2.38. The predicted octanol–water partition coefficient (Wildman–Crippen LogP) is 0.423. The summed E-state index contributed by atoms with van der Waals surface area (Å²) < 4.78 is 21.5. The van der Waals surface area contributed by atoms with Gasteiger partial charge in [0.05, 0.1) is 39.1 Å². The Kier molecular flexibility index (Phi) is 12.2. The van der Waals surface area contributed by atoms with Crippen LogP contribution in [0.5, 0.6) is 0 Å². The summed E-state index contributed by atoms with van der Waals surface area (Å²) in [6.45, 7) is 3.75. The summed E-state index contributed by atoms with van der Waals surface area (Å²) in [4.78, 5) is 0.868. The summed E-state index contributed by atoms with van der Waals surface area (Å²) in [5.74, 6) is 0. The maximum atomic E-state index is 9.85. The summed E-state index contributed by atoms with van der Waals surface area (Å²) in [6, 6.07) is 7.37. The lowest BCUT2D eigenvalue weighted by Crippen LogP contribution is -2.57. The van der Waals surface area contributed by atoms with Gasteiger partial charge < -0.3 is 44.9 Å². The highest BCUT2D eigenvalue weighted by Gasteiger charge is 2.42. The molecule has 0 aliphatic carbocycles. The van der Waals surface area contributed by atoms with E-state index in [1.54, 1.807) is 6.92 Å². The molecule has 0 amide bonds. The third-order valence-electron chi connectivity index (χ3n) is 4.50. The number of hydrogen-bond acceptors (Lipinski definition) is 10. The van der Waals surface area contributed by atoms with Crippen LogP contribution in [0.1, 0.15) is 6.92 Å². The van der Waals surface area contributed by atoms with Crippen molar-refractivity contribution in [2.45, 2.75) is 42.5 Å². The van der Waals surface area contributed by atoms with Gasteiger partial charge in [-0.3, -0.25) is 0 Å². The molecule has 1 heterocycles. The first-order valence-electron chi connectivity index (χ1n) is 10.1. The van der Waals surface area contributed by atoms with Gasteiger partial charge >= 0.3 is 0 Å². The fourth-order valence-electron chi connectivity index (χ4n) is 2.77. The normalized spacial score (nSPS) is 25.2. The Morgan fingerprint density at radius 2 is 1.72 bits per heavy atom. The Morgan fingerprint density at radius 1 is 1.06 bits per heavy atom. The van der Waals surface area contributed by atoms with Crippen LogP contribution in [-0.4, -0.2) is 90.7 Å². The van der Waals surface area contributed by atoms with Gasteiger partial charge in [0.1, 0.15) is 23.7 Å². The number of nitriles is 1. The number of ether oxygens (including phenoxy) is 4.